The first-order chi connectivity index (χ1) is 8.96. The van der Waals surface area contributed by atoms with E-state index in [2.05, 4.69) is 21.2 Å². The molecule has 1 fully saturated rings. The first-order valence-electron chi connectivity index (χ1n) is 6.27. The van der Waals surface area contributed by atoms with Crippen molar-refractivity contribution in [2.75, 3.05) is 0 Å². The minimum absolute atomic E-state index is 0.333. The number of hydrogen-bond acceptors (Lipinski definition) is 2. The third kappa shape index (κ3) is 2.66. The van der Waals surface area contributed by atoms with Gasteiger partial charge in [-0.05, 0) is 47.3 Å². The molecule has 4 nitrogen and oxygen atoms in total. The zero-order valence-electron chi connectivity index (χ0n) is 10.7. The fraction of sp³-hybridized carbons (Fsp3) is 0.429. The van der Waals surface area contributed by atoms with E-state index < -0.39 is 11.5 Å². The van der Waals surface area contributed by atoms with Crippen molar-refractivity contribution in [3.05, 3.63) is 33.8 Å². The molecular formula is C14H16BrNO3. The lowest BCUT2D eigenvalue weighted by atomic mass is 9.97. The summed E-state index contributed by atoms with van der Waals surface area (Å²) in [6, 6.07) is 5.37. The van der Waals surface area contributed by atoms with Crippen molar-refractivity contribution < 1.29 is 14.7 Å². The van der Waals surface area contributed by atoms with Gasteiger partial charge in [0.05, 0.1) is 5.56 Å². The van der Waals surface area contributed by atoms with E-state index in [-0.39, 0.29) is 5.91 Å². The summed E-state index contributed by atoms with van der Waals surface area (Å²) in [7, 11) is 0. The van der Waals surface area contributed by atoms with Crippen molar-refractivity contribution >= 4 is 27.8 Å². The summed E-state index contributed by atoms with van der Waals surface area (Å²) in [5.74, 6) is -1.28. The van der Waals surface area contributed by atoms with E-state index >= 15 is 0 Å². The molecule has 5 heteroatoms. The van der Waals surface area contributed by atoms with Crippen LogP contribution in [0.5, 0.6) is 0 Å². The minimum Gasteiger partial charge on any atom is -0.480 e. The largest absolute Gasteiger partial charge is 0.480 e. The summed E-state index contributed by atoms with van der Waals surface area (Å²) < 4.78 is 0.714. The number of benzene rings is 1. The number of aliphatic carboxylic acids is 1. The molecule has 1 aromatic carbocycles. The van der Waals surface area contributed by atoms with Crippen LogP contribution in [0.2, 0.25) is 0 Å². The molecule has 0 bridgehead atoms. The summed E-state index contributed by atoms with van der Waals surface area (Å²) in [6.07, 6.45) is 2.66. The first-order valence-corrected chi connectivity index (χ1v) is 7.06. The Morgan fingerprint density at radius 3 is 2.53 bits per heavy atom. The highest BCUT2D eigenvalue weighted by Gasteiger charge is 2.42. The maximum Gasteiger partial charge on any atom is 0.329 e. The Hall–Kier alpha value is -1.36. The van der Waals surface area contributed by atoms with Crippen molar-refractivity contribution in [2.45, 2.75) is 38.1 Å². The molecule has 0 aromatic heterocycles. The molecule has 0 heterocycles. The van der Waals surface area contributed by atoms with Gasteiger partial charge in [0.15, 0.2) is 0 Å². The Kier molecular flexibility index (Phi) is 3.94. The Labute approximate surface area is 120 Å². The van der Waals surface area contributed by atoms with Crippen LogP contribution >= 0.6 is 15.9 Å². The molecule has 1 aliphatic carbocycles. The monoisotopic (exact) mass is 325 g/mol. The molecule has 0 spiro atoms. The van der Waals surface area contributed by atoms with Crippen LogP contribution in [0.3, 0.4) is 0 Å². The average molecular weight is 326 g/mol. The van der Waals surface area contributed by atoms with Gasteiger partial charge in [-0.2, -0.15) is 0 Å². The third-order valence-electron chi connectivity index (χ3n) is 3.66. The Morgan fingerprint density at radius 2 is 1.95 bits per heavy atom. The Balaban J connectivity index is 2.25. The van der Waals surface area contributed by atoms with Gasteiger partial charge < -0.3 is 10.4 Å². The molecule has 102 valence electrons. The summed E-state index contributed by atoms with van der Waals surface area (Å²) in [6.45, 7) is 1.89. The molecule has 0 unspecified atom stereocenters. The van der Waals surface area contributed by atoms with Gasteiger partial charge >= 0.3 is 5.97 Å². The number of carboxylic acid groups (broad SMARTS) is 1. The van der Waals surface area contributed by atoms with Crippen molar-refractivity contribution in [3.8, 4) is 0 Å². The van der Waals surface area contributed by atoms with Crippen LogP contribution in [-0.2, 0) is 4.79 Å². The number of rotatable bonds is 3. The van der Waals surface area contributed by atoms with E-state index in [0.29, 0.717) is 22.9 Å². The molecule has 0 atom stereocenters. The van der Waals surface area contributed by atoms with Crippen molar-refractivity contribution in [1.29, 1.82) is 0 Å². The molecule has 1 saturated carbocycles. The van der Waals surface area contributed by atoms with E-state index in [9.17, 15) is 14.7 Å². The van der Waals surface area contributed by atoms with Crippen LogP contribution < -0.4 is 5.32 Å². The molecule has 2 N–H and O–H groups in total. The highest BCUT2D eigenvalue weighted by Crippen LogP contribution is 2.31. The van der Waals surface area contributed by atoms with Gasteiger partial charge in [-0.3, -0.25) is 4.79 Å². The molecule has 0 radical (unpaired) electrons. The quantitative estimate of drug-likeness (QED) is 0.897. The topological polar surface area (TPSA) is 66.4 Å². The van der Waals surface area contributed by atoms with Gasteiger partial charge in [0, 0.05) is 4.47 Å². The van der Waals surface area contributed by atoms with Gasteiger partial charge in [-0.15, -0.1) is 0 Å². The van der Waals surface area contributed by atoms with Crippen molar-refractivity contribution in [1.82, 2.24) is 5.32 Å². The Morgan fingerprint density at radius 1 is 1.32 bits per heavy atom. The predicted molar refractivity (Wildman–Crippen MR) is 75.2 cm³/mol. The number of nitrogens with one attached hydrogen (secondary N) is 1. The lowest BCUT2D eigenvalue weighted by Gasteiger charge is -2.25. The number of carbonyl (C=O) groups excluding carboxylic acids is 1. The van der Waals surface area contributed by atoms with E-state index in [1.165, 1.54) is 0 Å². The third-order valence-corrected chi connectivity index (χ3v) is 4.71. The number of aryl methyl sites for hydroxylation is 1. The SMILES string of the molecule is Cc1cccc(C(=O)NC2(C(=O)O)CCCC2)c1Br. The number of hydrogen-bond donors (Lipinski definition) is 2. The number of carboxylic acids is 1. The molecule has 1 amide bonds. The van der Waals surface area contributed by atoms with Crippen LogP contribution in [0.4, 0.5) is 0 Å². The van der Waals surface area contributed by atoms with Crippen molar-refractivity contribution in [2.24, 2.45) is 0 Å². The summed E-state index contributed by atoms with van der Waals surface area (Å²) in [4.78, 5) is 23.7. The van der Waals surface area contributed by atoms with Crippen molar-refractivity contribution in [3.63, 3.8) is 0 Å². The molecule has 1 aromatic rings. The second-order valence-electron chi connectivity index (χ2n) is 4.98. The maximum absolute atomic E-state index is 12.3. The molecule has 1 aliphatic rings. The van der Waals surface area contributed by atoms with E-state index in [1.807, 2.05) is 13.0 Å². The normalized spacial score (nSPS) is 17.2. The minimum atomic E-state index is -1.10. The zero-order chi connectivity index (χ0) is 14.0. The second-order valence-corrected chi connectivity index (χ2v) is 5.78. The van der Waals surface area contributed by atoms with Crippen LogP contribution in [0.1, 0.15) is 41.6 Å². The maximum atomic E-state index is 12.3. The van der Waals surface area contributed by atoms with E-state index in [0.717, 1.165) is 18.4 Å². The zero-order valence-corrected chi connectivity index (χ0v) is 12.3. The lowest BCUT2D eigenvalue weighted by Crippen LogP contribution is -2.52. The van der Waals surface area contributed by atoms with Crippen LogP contribution in [-0.4, -0.2) is 22.5 Å². The lowest BCUT2D eigenvalue weighted by molar-refractivity contribution is -0.144. The summed E-state index contributed by atoms with van der Waals surface area (Å²) in [5, 5.41) is 12.1. The van der Waals surface area contributed by atoms with Gasteiger partial charge in [-0.1, -0.05) is 25.0 Å². The van der Waals surface area contributed by atoms with Gasteiger partial charge in [0.1, 0.15) is 5.54 Å². The fourth-order valence-electron chi connectivity index (χ4n) is 2.48. The number of carbonyl (C=O) groups is 2. The molecule has 19 heavy (non-hydrogen) atoms. The standard InChI is InChI=1S/C14H16BrNO3/c1-9-5-4-6-10(11(9)15)12(17)16-14(13(18)19)7-2-3-8-14/h4-6H,2-3,7-8H2,1H3,(H,16,17)(H,18,19). The van der Waals surface area contributed by atoms with E-state index in [4.69, 9.17) is 0 Å². The predicted octanol–water partition coefficient (Wildman–Crippen LogP) is 2.88. The van der Waals surface area contributed by atoms with Gasteiger partial charge in [0.25, 0.3) is 5.91 Å². The fourth-order valence-corrected chi connectivity index (χ4v) is 2.92. The molecule has 0 aliphatic heterocycles. The molecule has 2 rings (SSSR count). The smallest absolute Gasteiger partial charge is 0.329 e. The Bertz CT molecular complexity index is 521. The average Bonchev–Trinajstić information content (AvgIpc) is 2.82. The van der Waals surface area contributed by atoms with Gasteiger partial charge in [0.2, 0.25) is 0 Å². The van der Waals surface area contributed by atoms with Crippen LogP contribution in [0.15, 0.2) is 22.7 Å². The second kappa shape index (κ2) is 5.33. The first kappa shape index (κ1) is 14.1. The summed E-state index contributed by atoms with van der Waals surface area (Å²) >= 11 is 3.38. The van der Waals surface area contributed by atoms with E-state index in [1.54, 1.807) is 12.1 Å². The molecule has 0 saturated heterocycles. The number of amides is 1. The van der Waals surface area contributed by atoms with Crippen LogP contribution in [0.25, 0.3) is 0 Å². The molecular weight excluding hydrogens is 310 g/mol. The highest BCUT2D eigenvalue weighted by molar-refractivity contribution is 9.10. The summed E-state index contributed by atoms with van der Waals surface area (Å²) in [5.41, 5.74) is 0.330. The number of halogens is 1. The van der Waals surface area contributed by atoms with Gasteiger partial charge in [-0.25, -0.2) is 4.79 Å². The van der Waals surface area contributed by atoms with Crippen LogP contribution in [0, 0.1) is 6.92 Å². The highest BCUT2D eigenvalue weighted by atomic mass is 79.9.